The maximum atomic E-state index is 12.6. The summed E-state index contributed by atoms with van der Waals surface area (Å²) < 4.78 is 0. The van der Waals surface area contributed by atoms with Gasteiger partial charge in [-0.3, -0.25) is 4.79 Å². The number of likely N-dealkylation sites (tertiary alicyclic amines) is 1. The van der Waals surface area contributed by atoms with E-state index in [1.54, 1.807) is 4.90 Å². The minimum atomic E-state index is -0.381. The molecule has 0 spiro atoms. The van der Waals surface area contributed by atoms with Crippen LogP contribution < -0.4 is 5.32 Å². The number of nitrogens with zero attached hydrogens (tertiary/aromatic N) is 1. The second kappa shape index (κ2) is 7.64. The molecule has 23 heavy (non-hydrogen) atoms. The predicted molar refractivity (Wildman–Crippen MR) is 92.6 cm³/mol. The Morgan fingerprint density at radius 1 is 1.30 bits per heavy atom. The molecule has 3 rings (SSSR count). The molecule has 1 fully saturated rings. The van der Waals surface area contributed by atoms with E-state index < -0.39 is 0 Å². The molecule has 2 N–H and O–H groups in total. The number of anilines is 1. The van der Waals surface area contributed by atoms with Crippen molar-refractivity contribution in [2.75, 3.05) is 25.0 Å². The fraction of sp³-hybridized carbons (Fsp3) is 0.526. The molecular formula is C19H26N2O2. The summed E-state index contributed by atoms with van der Waals surface area (Å²) in [6.45, 7) is 2.14. The first kappa shape index (κ1) is 16.1. The Kier molecular flexibility index (Phi) is 5.34. The molecule has 1 saturated heterocycles. The van der Waals surface area contributed by atoms with Crippen molar-refractivity contribution in [1.29, 1.82) is 0 Å². The first-order valence-electron chi connectivity index (χ1n) is 8.68. The van der Waals surface area contributed by atoms with Crippen molar-refractivity contribution in [3.05, 3.63) is 42.0 Å². The van der Waals surface area contributed by atoms with Crippen molar-refractivity contribution in [2.24, 2.45) is 5.92 Å². The van der Waals surface area contributed by atoms with E-state index in [2.05, 4.69) is 17.5 Å². The van der Waals surface area contributed by atoms with Gasteiger partial charge >= 0.3 is 0 Å². The molecule has 2 unspecified atom stereocenters. The lowest BCUT2D eigenvalue weighted by atomic mass is 9.94. The molecule has 2 atom stereocenters. The third-order valence-corrected chi connectivity index (χ3v) is 4.77. The van der Waals surface area contributed by atoms with E-state index in [4.69, 9.17) is 0 Å². The minimum absolute atomic E-state index is 0.0213. The third kappa shape index (κ3) is 4.35. The van der Waals surface area contributed by atoms with Crippen LogP contribution in [0.1, 0.15) is 42.5 Å². The summed E-state index contributed by atoms with van der Waals surface area (Å²) in [7, 11) is 0. The zero-order valence-corrected chi connectivity index (χ0v) is 13.6. The molecule has 4 heteroatoms. The van der Waals surface area contributed by atoms with Gasteiger partial charge in [-0.2, -0.15) is 0 Å². The lowest BCUT2D eigenvalue weighted by Crippen LogP contribution is -2.42. The molecule has 0 aromatic heterocycles. The number of β-amino-alcohol motifs (C(OH)–C–C–N with tert-alkyl or cyclic N) is 1. The number of nitrogens with one attached hydrogen (secondary N) is 1. The minimum Gasteiger partial charge on any atom is -0.391 e. The number of carbonyl (C=O) groups excluding carboxylic acids is 1. The molecule has 2 aliphatic rings. The molecular weight excluding hydrogens is 288 g/mol. The van der Waals surface area contributed by atoms with Gasteiger partial charge in [0, 0.05) is 30.9 Å². The van der Waals surface area contributed by atoms with Gasteiger partial charge in [-0.25, -0.2) is 0 Å². The van der Waals surface area contributed by atoms with Crippen LogP contribution in [0.25, 0.3) is 0 Å². The van der Waals surface area contributed by atoms with E-state index in [9.17, 15) is 9.90 Å². The lowest BCUT2D eigenvalue weighted by Gasteiger charge is -2.30. The molecule has 1 aliphatic carbocycles. The SMILES string of the molecule is O=C(c1cccc(NCC2CC=CCC2)c1)N1CCCC(O)C1. The van der Waals surface area contributed by atoms with Crippen LogP contribution in [0.3, 0.4) is 0 Å². The van der Waals surface area contributed by atoms with Crippen LogP contribution in [-0.4, -0.2) is 41.7 Å². The summed E-state index contributed by atoms with van der Waals surface area (Å²) >= 11 is 0. The molecule has 0 bridgehead atoms. The number of carbonyl (C=O) groups is 1. The fourth-order valence-corrected chi connectivity index (χ4v) is 3.39. The average Bonchev–Trinajstić information content (AvgIpc) is 2.60. The maximum Gasteiger partial charge on any atom is 0.254 e. The fourth-order valence-electron chi connectivity index (χ4n) is 3.39. The Balaban J connectivity index is 1.60. The standard InChI is InChI=1S/C19H26N2O2/c22-18-10-5-11-21(14-18)19(23)16-8-4-9-17(12-16)20-13-15-6-2-1-3-7-15/h1-2,4,8-9,12,15,18,20,22H,3,5-7,10-11,13-14H2. The van der Waals surface area contributed by atoms with Crippen LogP contribution >= 0.6 is 0 Å². The number of hydrogen-bond donors (Lipinski definition) is 2. The van der Waals surface area contributed by atoms with E-state index in [-0.39, 0.29) is 12.0 Å². The second-order valence-corrected chi connectivity index (χ2v) is 6.66. The number of hydrogen-bond acceptors (Lipinski definition) is 3. The van der Waals surface area contributed by atoms with Gasteiger partial charge in [0.1, 0.15) is 0 Å². The summed E-state index contributed by atoms with van der Waals surface area (Å²) in [5.41, 5.74) is 1.70. The summed E-state index contributed by atoms with van der Waals surface area (Å²) in [5, 5.41) is 13.2. The molecule has 1 amide bonds. The predicted octanol–water partition coefficient (Wildman–Crippen LogP) is 3.05. The van der Waals surface area contributed by atoms with Gasteiger partial charge in [0.25, 0.3) is 5.91 Å². The van der Waals surface area contributed by atoms with Crippen LogP contribution in [0.4, 0.5) is 5.69 Å². The molecule has 124 valence electrons. The van der Waals surface area contributed by atoms with Gasteiger partial charge in [0.05, 0.1) is 6.10 Å². The van der Waals surface area contributed by atoms with Crippen molar-refractivity contribution in [3.63, 3.8) is 0 Å². The van der Waals surface area contributed by atoms with Crippen LogP contribution in [0.5, 0.6) is 0 Å². The van der Waals surface area contributed by atoms with Gasteiger partial charge in [-0.1, -0.05) is 18.2 Å². The van der Waals surface area contributed by atoms with E-state index >= 15 is 0 Å². The Labute approximate surface area is 138 Å². The maximum absolute atomic E-state index is 12.6. The first-order valence-corrected chi connectivity index (χ1v) is 8.68. The van der Waals surface area contributed by atoms with Gasteiger partial charge < -0.3 is 15.3 Å². The van der Waals surface area contributed by atoms with Crippen molar-refractivity contribution in [3.8, 4) is 0 Å². The summed E-state index contributed by atoms with van der Waals surface area (Å²) in [4.78, 5) is 14.3. The van der Waals surface area contributed by atoms with Crippen molar-refractivity contribution >= 4 is 11.6 Å². The van der Waals surface area contributed by atoms with Crippen molar-refractivity contribution in [2.45, 2.75) is 38.2 Å². The smallest absolute Gasteiger partial charge is 0.254 e. The average molecular weight is 314 g/mol. The quantitative estimate of drug-likeness (QED) is 0.840. The van der Waals surface area contributed by atoms with Crippen molar-refractivity contribution < 1.29 is 9.90 Å². The number of benzene rings is 1. The number of piperidine rings is 1. The number of aliphatic hydroxyl groups is 1. The van der Waals surface area contributed by atoms with Gasteiger partial charge in [-0.15, -0.1) is 0 Å². The molecule has 1 aromatic carbocycles. The zero-order chi connectivity index (χ0) is 16.1. The zero-order valence-electron chi connectivity index (χ0n) is 13.6. The Bertz CT molecular complexity index is 570. The Morgan fingerprint density at radius 3 is 3.00 bits per heavy atom. The van der Waals surface area contributed by atoms with E-state index in [1.165, 1.54) is 12.8 Å². The molecule has 0 radical (unpaired) electrons. The van der Waals surface area contributed by atoms with Crippen LogP contribution in [0, 0.1) is 5.92 Å². The van der Waals surface area contributed by atoms with Crippen molar-refractivity contribution in [1.82, 2.24) is 4.90 Å². The van der Waals surface area contributed by atoms with Crippen LogP contribution in [-0.2, 0) is 0 Å². The van der Waals surface area contributed by atoms with Gasteiger partial charge in [0.15, 0.2) is 0 Å². The largest absolute Gasteiger partial charge is 0.391 e. The lowest BCUT2D eigenvalue weighted by molar-refractivity contribution is 0.0474. The van der Waals surface area contributed by atoms with Crippen LogP contribution in [0.15, 0.2) is 36.4 Å². The number of rotatable bonds is 4. The Morgan fingerprint density at radius 2 is 2.22 bits per heavy atom. The summed E-state index contributed by atoms with van der Waals surface area (Å²) in [6.07, 6.45) is 9.34. The monoisotopic (exact) mass is 314 g/mol. The summed E-state index contributed by atoms with van der Waals surface area (Å²) in [5.74, 6) is 0.699. The normalized spacial score (nSPS) is 24.5. The van der Waals surface area contributed by atoms with E-state index in [0.717, 1.165) is 38.0 Å². The molecule has 1 aromatic rings. The number of amides is 1. The highest BCUT2D eigenvalue weighted by atomic mass is 16.3. The third-order valence-electron chi connectivity index (χ3n) is 4.77. The topological polar surface area (TPSA) is 52.6 Å². The van der Waals surface area contributed by atoms with Gasteiger partial charge in [-0.05, 0) is 56.2 Å². The molecule has 0 saturated carbocycles. The number of allylic oxidation sites excluding steroid dienone is 2. The first-order chi connectivity index (χ1) is 11.2. The molecule has 1 heterocycles. The Hall–Kier alpha value is -1.81. The molecule has 1 aliphatic heterocycles. The highest BCUT2D eigenvalue weighted by Gasteiger charge is 2.23. The number of aliphatic hydroxyl groups excluding tert-OH is 1. The second-order valence-electron chi connectivity index (χ2n) is 6.66. The molecule has 4 nitrogen and oxygen atoms in total. The highest BCUT2D eigenvalue weighted by Crippen LogP contribution is 2.20. The highest BCUT2D eigenvalue weighted by molar-refractivity contribution is 5.95. The van der Waals surface area contributed by atoms with E-state index in [1.807, 2.05) is 24.3 Å². The summed E-state index contributed by atoms with van der Waals surface area (Å²) in [6, 6.07) is 7.73. The van der Waals surface area contributed by atoms with Crippen LogP contribution in [0.2, 0.25) is 0 Å². The van der Waals surface area contributed by atoms with Gasteiger partial charge in [0.2, 0.25) is 0 Å². The van der Waals surface area contributed by atoms with E-state index in [0.29, 0.717) is 18.0 Å².